The van der Waals surface area contributed by atoms with Crippen molar-refractivity contribution in [1.29, 1.82) is 0 Å². The van der Waals surface area contributed by atoms with Crippen LogP contribution in [0.1, 0.15) is 168 Å². The molecule has 61 heavy (non-hydrogen) atoms. The van der Waals surface area contributed by atoms with Gasteiger partial charge in [0.2, 0.25) is 0 Å². The predicted molar refractivity (Wildman–Crippen MR) is 247 cm³/mol. The summed E-state index contributed by atoms with van der Waals surface area (Å²) in [7, 11) is 0. The van der Waals surface area contributed by atoms with Crippen LogP contribution in [0.2, 0.25) is 0 Å². The zero-order valence-electron chi connectivity index (χ0n) is 37.9. The van der Waals surface area contributed by atoms with Crippen molar-refractivity contribution in [2.45, 2.75) is 205 Å². The van der Waals surface area contributed by atoms with Gasteiger partial charge in [0.15, 0.2) is 12.4 Å². The molecule has 0 aromatic carbocycles. The van der Waals surface area contributed by atoms with Crippen molar-refractivity contribution in [3.8, 4) is 0 Å². The van der Waals surface area contributed by atoms with Gasteiger partial charge in [-0.2, -0.15) is 0 Å². The van der Waals surface area contributed by atoms with Gasteiger partial charge in [0.1, 0.15) is 31.0 Å². The van der Waals surface area contributed by atoms with Crippen molar-refractivity contribution in [1.82, 2.24) is 0 Å². The van der Waals surface area contributed by atoms with Crippen molar-refractivity contribution >= 4 is 11.9 Å². The average Bonchev–Trinajstić information content (AvgIpc) is 3.26. The monoisotopic (exact) mass is 857 g/mol. The molecule has 0 saturated carbocycles. The molecule has 1 fully saturated rings. The quantitative estimate of drug-likeness (QED) is 0.0268. The first kappa shape index (κ1) is 55.9. The molecule has 0 amide bonds. The Bertz CT molecular complexity index is 1270. The summed E-state index contributed by atoms with van der Waals surface area (Å²) in [5, 5.41) is 40.1. The van der Waals surface area contributed by atoms with Crippen LogP contribution < -0.4 is 0 Å². The smallest absolute Gasteiger partial charge is 0.306 e. The fourth-order valence-corrected chi connectivity index (χ4v) is 6.56. The highest BCUT2D eigenvalue weighted by atomic mass is 16.7. The molecule has 348 valence electrons. The van der Waals surface area contributed by atoms with E-state index in [2.05, 4.69) is 86.8 Å². The molecule has 10 nitrogen and oxygen atoms in total. The molecule has 0 spiro atoms. The molecule has 1 aliphatic rings. The highest BCUT2D eigenvalue weighted by molar-refractivity contribution is 5.70. The topological polar surface area (TPSA) is 152 Å². The standard InChI is InChI=1S/C51H84O10/c1-3-5-7-9-11-13-15-17-19-21-22-24-25-27-29-31-33-35-37-39-46(53)58-42-44(43-59-51-50(57)49(56)48(55)45(41-52)61-51)60-47(54)40-38-36-34-32-30-28-26-23-20-18-16-14-12-10-8-6-4-2/h5,7,11,13,17-20,22,24,27,29,33,35,44-45,48-52,55-57H,3-4,6,8-10,12,14-16,21,23,25-26,28,30-32,34,36-43H2,1-2H3/b7-5+,13-11+,19-17+,20-18+,24-22+,29-27+,35-33+/t44-,45-,48+,49?,50?,51-/m0/s1. The normalized spacial score (nSPS) is 20.5. The van der Waals surface area contributed by atoms with Crippen LogP contribution in [0.25, 0.3) is 0 Å². The maximum absolute atomic E-state index is 12.8. The van der Waals surface area contributed by atoms with Crippen molar-refractivity contribution in [2.24, 2.45) is 0 Å². The first-order valence-electron chi connectivity index (χ1n) is 23.7. The van der Waals surface area contributed by atoms with Gasteiger partial charge in [-0.1, -0.05) is 163 Å². The van der Waals surface area contributed by atoms with E-state index in [4.69, 9.17) is 18.9 Å². The number of aliphatic hydroxyl groups excluding tert-OH is 4. The lowest BCUT2D eigenvalue weighted by Gasteiger charge is -2.39. The summed E-state index contributed by atoms with van der Waals surface area (Å²) in [6.45, 7) is 3.22. The Balaban J connectivity index is 2.37. The number of carbonyl (C=O) groups is 2. The molecule has 4 N–H and O–H groups in total. The number of allylic oxidation sites excluding steroid dienone is 14. The number of hydrogen-bond donors (Lipinski definition) is 4. The Hall–Kier alpha value is -3.12. The van der Waals surface area contributed by atoms with E-state index >= 15 is 0 Å². The Morgan fingerprint density at radius 2 is 1.00 bits per heavy atom. The van der Waals surface area contributed by atoms with Crippen LogP contribution in [0.3, 0.4) is 0 Å². The van der Waals surface area contributed by atoms with E-state index in [0.717, 1.165) is 64.2 Å². The van der Waals surface area contributed by atoms with Crippen molar-refractivity contribution in [2.75, 3.05) is 19.8 Å². The molecule has 6 atom stereocenters. The molecule has 1 heterocycles. The van der Waals surface area contributed by atoms with Gasteiger partial charge in [-0.3, -0.25) is 9.59 Å². The fraction of sp³-hybridized carbons (Fsp3) is 0.686. The number of ether oxygens (including phenoxy) is 4. The number of unbranched alkanes of at least 4 members (excludes halogenated alkanes) is 13. The molecule has 1 saturated heterocycles. The Morgan fingerprint density at radius 1 is 0.525 bits per heavy atom. The van der Waals surface area contributed by atoms with E-state index in [9.17, 15) is 30.0 Å². The fourth-order valence-electron chi connectivity index (χ4n) is 6.56. The third kappa shape index (κ3) is 32.3. The minimum atomic E-state index is -1.61. The van der Waals surface area contributed by atoms with E-state index in [1.165, 1.54) is 64.2 Å². The third-order valence-electron chi connectivity index (χ3n) is 10.3. The van der Waals surface area contributed by atoms with Crippen molar-refractivity contribution in [3.63, 3.8) is 0 Å². The number of aliphatic hydroxyl groups is 4. The van der Waals surface area contributed by atoms with Crippen LogP contribution in [0.4, 0.5) is 0 Å². The first-order chi connectivity index (χ1) is 29.8. The summed E-state index contributed by atoms with van der Waals surface area (Å²) in [6.07, 6.45) is 46.0. The van der Waals surface area contributed by atoms with Crippen LogP contribution in [0.15, 0.2) is 85.1 Å². The lowest BCUT2D eigenvalue weighted by molar-refractivity contribution is -0.305. The Kier molecular flexibility index (Phi) is 37.5. The van der Waals surface area contributed by atoms with Gasteiger partial charge in [0, 0.05) is 12.8 Å². The SMILES string of the molecule is CC/C=C/C/C=C/C/C=C/C/C=C/C/C=C/C/C=C/CCC(=O)OC[C@@H](CO[C@H]1O[C@@H](CO)[C@@H](O)C(O)C1O)OC(=O)CCCCCCCCC/C=C/CCCCCCCC. The molecular formula is C51H84O10. The van der Waals surface area contributed by atoms with E-state index in [-0.39, 0.29) is 26.1 Å². The molecule has 0 bridgehead atoms. The van der Waals surface area contributed by atoms with Gasteiger partial charge in [0.25, 0.3) is 0 Å². The highest BCUT2D eigenvalue weighted by Crippen LogP contribution is 2.22. The third-order valence-corrected chi connectivity index (χ3v) is 10.3. The second-order valence-corrected chi connectivity index (χ2v) is 15.8. The summed E-state index contributed by atoms with van der Waals surface area (Å²) >= 11 is 0. The van der Waals surface area contributed by atoms with E-state index < -0.39 is 55.4 Å². The molecule has 0 aromatic heterocycles. The van der Waals surface area contributed by atoms with Crippen LogP contribution >= 0.6 is 0 Å². The lowest BCUT2D eigenvalue weighted by Crippen LogP contribution is -2.59. The van der Waals surface area contributed by atoms with Gasteiger partial charge in [0.05, 0.1) is 13.2 Å². The Morgan fingerprint density at radius 3 is 1.52 bits per heavy atom. The molecule has 1 rings (SSSR count). The molecular weight excluding hydrogens is 773 g/mol. The van der Waals surface area contributed by atoms with Crippen LogP contribution in [-0.2, 0) is 28.5 Å². The van der Waals surface area contributed by atoms with Gasteiger partial charge < -0.3 is 39.4 Å². The second kappa shape index (κ2) is 40.9. The van der Waals surface area contributed by atoms with Crippen LogP contribution in [0, 0.1) is 0 Å². The molecule has 1 aliphatic heterocycles. The van der Waals surface area contributed by atoms with E-state index in [1.807, 2.05) is 12.2 Å². The molecule has 2 unspecified atom stereocenters. The Labute approximate surface area is 369 Å². The number of esters is 2. The number of hydrogen-bond acceptors (Lipinski definition) is 10. The average molecular weight is 857 g/mol. The van der Waals surface area contributed by atoms with Crippen LogP contribution in [-0.4, -0.2) is 89.0 Å². The summed E-state index contributed by atoms with van der Waals surface area (Å²) in [4.78, 5) is 25.3. The van der Waals surface area contributed by atoms with Gasteiger partial charge in [-0.15, -0.1) is 0 Å². The second-order valence-electron chi connectivity index (χ2n) is 15.8. The summed E-state index contributed by atoms with van der Waals surface area (Å²) in [6, 6.07) is 0. The maximum atomic E-state index is 12.8. The molecule has 0 radical (unpaired) electrons. The van der Waals surface area contributed by atoms with Gasteiger partial charge in [-0.05, 0) is 77.0 Å². The number of carbonyl (C=O) groups excluding carboxylic acids is 2. The molecule has 10 heteroatoms. The highest BCUT2D eigenvalue weighted by Gasteiger charge is 2.44. The zero-order chi connectivity index (χ0) is 44.4. The molecule has 0 aromatic rings. The minimum Gasteiger partial charge on any atom is -0.462 e. The van der Waals surface area contributed by atoms with Gasteiger partial charge >= 0.3 is 11.9 Å². The summed E-state index contributed by atoms with van der Waals surface area (Å²) in [5.41, 5.74) is 0. The van der Waals surface area contributed by atoms with E-state index in [1.54, 1.807) is 0 Å². The predicted octanol–water partition coefficient (Wildman–Crippen LogP) is 10.6. The van der Waals surface area contributed by atoms with Crippen molar-refractivity contribution < 1.29 is 49.0 Å². The number of rotatable bonds is 38. The summed E-state index contributed by atoms with van der Waals surface area (Å²) < 4.78 is 22.1. The largest absolute Gasteiger partial charge is 0.462 e. The minimum absolute atomic E-state index is 0.145. The van der Waals surface area contributed by atoms with E-state index in [0.29, 0.717) is 12.8 Å². The lowest BCUT2D eigenvalue weighted by atomic mass is 9.99. The zero-order valence-corrected chi connectivity index (χ0v) is 37.9. The molecule has 0 aliphatic carbocycles. The van der Waals surface area contributed by atoms with Crippen LogP contribution in [0.5, 0.6) is 0 Å². The maximum Gasteiger partial charge on any atom is 0.306 e. The summed E-state index contributed by atoms with van der Waals surface area (Å²) in [5.74, 6) is -0.915. The van der Waals surface area contributed by atoms with Crippen molar-refractivity contribution in [3.05, 3.63) is 85.1 Å². The van der Waals surface area contributed by atoms with Gasteiger partial charge in [-0.25, -0.2) is 0 Å². The first-order valence-corrected chi connectivity index (χ1v) is 23.7.